The van der Waals surface area contributed by atoms with Crippen LogP contribution in [-0.4, -0.2) is 27.0 Å². The van der Waals surface area contributed by atoms with Crippen molar-refractivity contribution < 1.29 is 35.3 Å². The Morgan fingerprint density at radius 3 is 2.32 bits per heavy atom. The molecule has 0 saturated carbocycles. The summed E-state index contributed by atoms with van der Waals surface area (Å²) in [6.45, 7) is 1.56. The first kappa shape index (κ1) is 15.3. The highest BCUT2D eigenvalue weighted by molar-refractivity contribution is 7.88. The van der Waals surface area contributed by atoms with Crippen LogP contribution in [0.4, 0.5) is 13.2 Å². The first-order valence-electron chi connectivity index (χ1n) is 4.78. The molecular formula is C10H9F3O5S. The Bertz CT molecular complexity index is 592. The number of carbonyl (C=O) groups is 1. The van der Waals surface area contributed by atoms with Crippen molar-refractivity contribution in [3.63, 3.8) is 0 Å². The minimum Gasteiger partial charge on any atom is -0.465 e. The summed E-state index contributed by atoms with van der Waals surface area (Å²) in [6.07, 6.45) is 0. The van der Waals surface area contributed by atoms with Gasteiger partial charge in [-0.25, -0.2) is 4.79 Å². The fourth-order valence-corrected chi connectivity index (χ4v) is 1.63. The molecule has 5 nitrogen and oxygen atoms in total. The fourth-order valence-electron chi connectivity index (χ4n) is 1.15. The quantitative estimate of drug-likeness (QED) is 0.485. The first-order chi connectivity index (χ1) is 8.58. The summed E-state index contributed by atoms with van der Waals surface area (Å²) in [7, 11) is -4.83. The van der Waals surface area contributed by atoms with E-state index in [1.807, 2.05) is 0 Å². The van der Waals surface area contributed by atoms with Gasteiger partial charge >= 0.3 is 21.6 Å². The summed E-state index contributed by atoms with van der Waals surface area (Å²) in [5.41, 5.74) is -5.46. The number of hydrogen-bond acceptors (Lipinski definition) is 5. The Hall–Kier alpha value is -1.77. The van der Waals surface area contributed by atoms with Gasteiger partial charge in [0.05, 0.1) is 7.11 Å². The lowest BCUT2D eigenvalue weighted by Crippen LogP contribution is -2.28. The van der Waals surface area contributed by atoms with Gasteiger partial charge in [-0.1, -0.05) is 6.07 Å². The second-order valence-electron chi connectivity index (χ2n) is 3.47. The zero-order valence-electron chi connectivity index (χ0n) is 9.82. The van der Waals surface area contributed by atoms with Gasteiger partial charge in [0.2, 0.25) is 0 Å². The Kier molecular flexibility index (Phi) is 4.09. The van der Waals surface area contributed by atoms with Gasteiger partial charge in [0.25, 0.3) is 0 Å². The number of carbonyl (C=O) groups excluding carboxylic acids is 1. The molecule has 0 bridgehead atoms. The highest BCUT2D eigenvalue weighted by atomic mass is 32.2. The van der Waals surface area contributed by atoms with Crippen molar-refractivity contribution in [2.24, 2.45) is 0 Å². The van der Waals surface area contributed by atoms with E-state index in [-0.39, 0.29) is 0 Å². The molecule has 0 radical (unpaired) electrons. The van der Waals surface area contributed by atoms with E-state index in [1.165, 1.54) is 6.07 Å². The molecule has 106 valence electrons. The van der Waals surface area contributed by atoms with Crippen LogP contribution in [0.1, 0.15) is 15.9 Å². The van der Waals surface area contributed by atoms with Crippen molar-refractivity contribution in [2.75, 3.05) is 7.11 Å². The van der Waals surface area contributed by atoms with Gasteiger partial charge in [0, 0.05) is 0 Å². The minimum atomic E-state index is -5.84. The lowest BCUT2D eigenvalue weighted by Gasteiger charge is -2.12. The zero-order chi connectivity index (χ0) is 14.8. The van der Waals surface area contributed by atoms with Crippen LogP contribution in [0, 0.1) is 6.92 Å². The van der Waals surface area contributed by atoms with Crippen molar-refractivity contribution in [3.05, 3.63) is 29.3 Å². The van der Waals surface area contributed by atoms with E-state index >= 15 is 0 Å². The predicted molar refractivity (Wildman–Crippen MR) is 58.1 cm³/mol. The number of esters is 1. The number of benzene rings is 1. The van der Waals surface area contributed by atoms with Crippen LogP contribution in [0.25, 0.3) is 0 Å². The van der Waals surface area contributed by atoms with Crippen LogP contribution in [0.3, 0.4) is 0 Å². The third-order valence-corrected chi connectivity index (χ3v) is 2.99. The summed E-state index contributed by atoms with van der Waals surface area (Å²) in [5.74, 6) is -1.74. The molecule has 0 amide bonds. The molecule has 0 aliphatic heterocycles. The molecule has 1 rings (SSSR count). The van der Waals surface area contributed by atoms with Crippen molar-refractivity contribution >= 4 is 16.1 Å². The number of hydrogen-bond donors (Lipinski definition) is 0. The van der Waals surface area contributed by atoms with E-state index in [9.17, 15) is 26.4 Å². The summed E-state index contributed by atoms with van der Waals surface area (Å²) in [5, 5.41) is 0. The van der Waals surface area contributed by atoms with E-state index in [0.29, 0.717) is 5.56 Å². The summed E-state index contributed by atoms with van der Waals surface area (Å²) < 4.78 is 66.6. The molecule has 1 aromatic carbocycles. The minimum absolute atomic E-state index is 0.407. The molecular weight excluding hydrogens is 289 g/mol. The maximum absolute atomic E-state index is 12.2. The highest BCUT2D eigenvalue weighted by Gasteiger charge is 2.49. The number of rotatable bonds is 3. The third-order valence-electron chi connectivity index (χ3n) is 2.02. The van der Waals surface area contributed by atoms with Crippen molar-refractivity contribution in [1.29, 1.82) is 0 Å². The smallest absolute Gasteiger partial charge is 0.465 e. The standard InChI is InChI=1S/C10H9F3O5S/c1-6-3-4-8(7(5-6)9(14)17-2)18-19(15,16)10(11,12)13/h3-5H,1-2H3. The van der Waals surface area contributed by atoms with Gasteiger partial charge in [-0.05, 0) is 24.6 Å². The normalized spacial score (nSPS) is 12.1. The van der Waals surface area contributed by atoms with Gasteiger partial charge in [-0.15, -0.1) is 0 Å². The van der Waals surface area contributed by atoms with Gasteiger partial charge in [-0.3, -0.25) is 0 Å². The SMILES string of the molecule is COC(=O)c1cc(C)ccc1OS(=O)(=O)C(F)(F)F. The molecule has 0 N–H and O–H groups in total. The highest BCUT2D eigenvalue weighted by Crippen LogP contribution is 2.29. The van der Waals surface area contributed by atoms with Crippen LogP contribution in [0.5, 0.6) is 5.75 Å². The maximum Gasteiger partial charge on any atom is 0.534 e. The fraction of sp³-hybridized carbons (Fsp3) is 0.300. The second kappa shape index (κ2) is 5.08. The molecule has 0 atom stereocenters. The van der Waals surface area contributed by atoms with Gasteiger partial charge in [-0.2, -0.15) is 21.6 Å². The maximum atomic E-state index is 12.2. The topological polar surface area (TPSA) is 69.7 Å². The molecule has 0 fully saturated rings. The summed E-state index contributed by atoms with van der Waals surface area (Å²) in [4.78, 5) is 11.3. The average molecular weight is 298 g/mol. The van der Waals surface area contributed by atoms with Crippen LogP contribution >= 0.6 is 0 Å². The van der Waals surface area contributed by atoms with Crippen molar-refractivity contribution in [3.8, 4) is 5.75 Å². The molecule has 0 saturated heterocycles. The van der Waals surface area contributed by atoms with E-state index in [0.717, 1.165) is 19.2 Å². The first-order valence-corrected chi connectivity index (χ1v) is 6.19. The Morgan fingerprint density at radius 2 is 1.84 bits per heavy atom. The number of methoxy groups -OCH3 is 1. The molecule has 1 aromatic rings. The van der Waals surface area contributed by atoms with Crippen molar-refractivity contribution in [2.45, 2.75) is 12.4 Å². The Labute approximate surface area is 107 Å². The monoisotopic (exact) mass is 298 g/mol. The lowest BCUT2D eigenvalue weighted by atomic mass is 10.1. The molecule has 0 aliphatic carbocycles. The van der Waals surface area contributed by atoms with Gasteiger partial charge in [0.15, 0.2) is 5.75 Å². The zero-order valence-corrected chi connectivity index (χ0v) is 10.6. The Morgan fingerprint density at radius 1 is 1.26 bits per heavy atom. The average Bonchev–Trinajstić information content (AvgIpc) is 2.28. The van der Waals surface area contributed by atoms with Crippen LogP contribution < -0.4 is 4.18 Å². The van der Waals surface area contributed by atoms with E-state index < -0.39 is 32.9 Å². The Balaban J connectivity index is 3.26. The largest absolute Gasteiger partial charge is 0.534 e. The number of halogens is 3. The molecule has 9 heteroatoms. The molecule has 19 heavy (non-hydrogen) atoms. The van der Waals surface area contributed by atoms with Gasteiger partial charge in [0.1, 0.15) is 5.56 Å². The van der Waals surface area contributed by atoms with Crippen molar-refractivity contribution in [1.82, 2.24) is 0 Å². The van der Waals surface area contributed by atoms with Crippen LogP contribution in [0.15, 0.2) is 18.2 Å². The summed E-state index contributed by atoms with van der Waals surface area (Å²) in [6, 6.07) is 3.41. The molecule has 0 heterocycles. The molecule has 0 aromatic heterocycles. The second-order valence-corrected chi connectivity index (χ2v) is 5.01. The summed E-state index contributed by atoms with van der Waals surface area (Å²) >= 11 is 0. The lowest BCUT2D eigenvalue weighted by molar-refractivity contribution is -0.0500. The third kappa shape index (κ3) is 3.37. The van der Waals surface area contributed by atoms with E-state index in [1.54, 1.807) is 6.92 Å². The number of aryl methyl sites for hydroxylation is 1. The molecule has 0 unspecified atom stereocenters. The van der Waals surface area contributed by atoms with Crippen LogP contribution in [-0.2, 0) is 14.9 Å². The molecule has 0 spiro atoms. The van der Waals surface area contributed by atoms with Crippen LogP contribution in [0.2, 0.25) is 0 Å². The number of alkyl halides is 3. The van der Waals surface area contributed by atoms with E-state index in [2.05, 4.69) is 8.92 Å². The predicted octanol–water partition coefficient (Wildman–Crippen LogP) is 2.01. The molecule has 0 aliphatic rings. The van der Waals surface area contributed by atoms with E-state index in [4.69, 9.17) is 0 Å². The van der Waals surface area contributed by atoms with Gasteiger partial charge < -0.3 is 8.92 Å². The number of ether oxygens (including phenoxy) is 1.